The molecule has 0 aromatic carbocycles. The van der Waals surface area contributed by atoms with Crippen molar-refractivity contribution >= 4 is 17.7 Å². The molecule has 19 heavy (non-hydrogen) atoms. The Morgan fingerprint density at radius 1 is 1.42 bits per heavy atom. The minimum Gasteiger partial charge on any atom is -0.459 e. The summed E-state index contributed by atoms with van der Waals surface area (Å²) >= 11 is 1.31. The van der Waals surface area contributed by atoms with E-state index in [0.717, 1.165) is 12.8 Å². The van der Waals surface area contributed by atoms with Gasteiger partial charge >= 0.3 is 5.97 Å². The first-order chi connectivity index (χ1) is 8.99. The first kappa shape index (κ1) is 15.1. The normalized spacial score (nSPS) is 39.5. The summed E-state index contributed by atoms with van der Waals surface area (Å²) in [7, 11) is 0. The highest BCUT2D eigenvalue weighted by molar-refractivity contribution is 8.00. The number of esters is 1. The summed E-state index contributed by atoms with van der Waals surface area (Å²) in [6.45, 7) is 6.63. The van der Waals surface area contributed by atoms with Gasteiger partial charge in [0.25, 0.3) is 0 Å². The van der Waals surface area contributed by atoms with Crippen molar-refractivity contribution in [2.75, 3.05) is 5.75 Å². The lowest BCUT2D eigenvalue weighted by Gasteiger charge is -2.38. The van der Waals surface area contributed by atoms with E-state index in [1.807, 2.05) is 0 Å². The van der Waals surface area contributed by atoms with Crippen LogP contribution in [-0.2, 0) is 14.3 Å². The second-order valence-electron chi connectivity index (χ2n) is 5.96. The van der Waals surface area contributed by atoms with Crippen molar-refractivity contribution in [3.05, 3.63) is 0 Å². The van der Waals surface area contributed by atoms with Crippen LogP contribution >= 0.6 is 11.8 Å². The van der Waals surface area contributed by atoms with Gasteiger partial charge in [-0.15, -0.1) is 11.8 Å². The molecule has 1 N–H and O–H groups in total. The third-order valence-electron chi connectivity index (χ3n) is 4.14. The number of hydrogen-bond acceptors (Lipinski definition) is 5. The van der Waals surface area contributed by atoms with Crippen molar-refractivity contribution in [3.63, 3.8) is 0 Å². The van der Waals surface area contributed by atoms with Gasteiger partial charge in [-0.1, -0.05) is 27.2 Å². The molecule has 0 aromatic rings. The van der Waals surface area contributed by atoms with Crippen LogP contribution in [0.4, 0.5) is 0 Å². The van der Waals surface area contributed by atoms with Crippen LogP contribution in [0.3, 0.4) is 0 Å². The standard InChI is InChI=1S/C14H24O4S/c1-8(2)12-9(3)5-4-6-10(12)17-13(16)14-18-11(15)7-19-14/h8-12,14-15H,4-7H2,1-3H3/t9-,10?,11+,12+,14?/m1/s1. The molecule has 5 atom stereocenters. The van der Waals surface area contributed by atoms with Crippen molar-refractivity contribution in [2.24, 2.45) is 17.8 Å². The largest absolute Gasteiger partial charge is 0.459 e. The van der Waals surface area contributed by atoms with Crippen LogP contribution in [0.2, 0.25) is 0 Å². The van der Waals surface area contributed by atoms with Crippen LogP contribution in [-0.4, -0.2) is 34.7 Å². The fraction of sp³-hybridized carbons (Fsp3) is 0.929. The summed E-state index contributed by atoms with van der Waals surface area (Å²) < 4.78 is 10.8. The van der Waals surface area contributed by atoms with Crippen LogP contribution in [0, 0.1) is 17.8 Å². The molecule has 0 bridgehead atoms. The van der Waals surface area contributed by atoms with Gasteiger partial charge in [0, 0.05) is 11.7 Å². The highest BCUT2D eigenvalue weighted by atomic mass is 32.2. The van der Waals surface area contributed by atoms with E-state index in [2.05, 4.69) is 20.8 Å². The van der Waals surface area contributed by atoms with Crippen molar-refractivity contribution in [3.8, 4) is 0 Å². The summed E-state index contributed by atoms with van der Waals surface area (Å²) in [5.41, 5.74) is -0.653. The Labute approximate surface area is 119 Å². The summed E-state index contributed by atoms with van der Waals surface area (Å²) in [6, 6.07) is 0. The van der Waals surface area contributed by atoms with Crippen LogP contribution < -0.4 is 0 Å². The molecular weight excluding hydrogens is 264 g/mol. The molecule has 1 aliphatic heterocycles. The lowest BCUT2D eigenvalue weighted by molar-refractivity contribution is -0.172. The van der Waals surface area contributed by atoms with E-state index in [4.69, 9.17) is 9.47 Å². The van der Waals surface area contributed by atoms with Crippen LogP contribution in [0.25, 0.3) is 0 Å². The molecule has 4 nitrogen and oxygen atoms in total. The smallest absolute Gasteiger partial charge is 0.346 e. The lowest BCUT2D eigenvalue weighted by atomic mass is 9.72. The van der Waals surface area contributed by atoms with Gasteiger partial charge in [-0.05, 0) is 24.7 Å². The number of aliphatic hydroxyl groups excluding tert-OH is 1. The average molecular weight is 288 g/mol. The van der Waals surface area contributed by atoms with Crippen LogP contribution in [0.15, 0.2) is 0 Å². The molecule has 1 saturated heterocycles. The molecule has 1 heterocycles. The zero-order valence-corrected chi connectivity index (χ0v) is 12.7. The van der Waals surface area contributed by atoms with E-state index in [9.17, 15) is 9.90 Å². The zero-order valence-electron chi connectivity index (χ0n) is 11.9. The van der Waals surface area contributed by atoms with Gasteiger partial charge in [-0.2, -0.15) is 0 Å². The monoisotopic (exact) mass is 288 g/mol. The number of carbonyl (C=O) groups excluding carboxylic acids is 1. The third kappa shape index (κ3) is 3.64. The topological polar surface area (TPSA) is 55.8 Å². The van der Waals surface area contributed by atoms with Crippen molar-refractivity contribution in [2.45, 2.75) is 57.9 Å². The van der Waals surface area contributed by atoms with Gasteiger partial charge in [0.2, 0.25) is 5.44 Å². The second kappa shape index (κ2) is 6.46. The Kier molecular flexibility index (Phi) is 5.15. The van der Waals surface area contributed by atoms with Gasteiger partial charge in [-0.25, -0.2) is 4.79 Å². The van der Waals surface area contributed by atoms with Crippen molar-refractivity contribution in [1.82, 2.24) is 0 Å². The van der Waals surface area contributed by atoms with E-state index >= 15 is 0 Å². The molecule has 1 saturated carbocycles. The molecule has 5 heteroatoms. The fourth-order valence-electron chi connectivity index (χ4n) is 3.34. The maximum atomic E-state index is 12.1. The average Bonchev–Trinajstić information content (AvgIpc) is 2.75. The summed E-state index contributed by atoms with van der Waals surface area (Å²) in [4.78, 5) is 12.1. The van der Waals surface area contributed by atoms with Gasteiger partial charge in [0.1, 0.15) is 6.10 Å². The van der Waals surface area contributed by atoms with Crippen molar-refractivity contribution in [1.29, 1.82) is 0 Å². The van der Waals surface area contributed by atoms with Crippen LogP contribution in [0.1, 0.15) is 40.0 Å². The molecule has 2 fully saturated rings. The second-order valence-corrected chi connectivity index (χ2v) is 7.06. The Morgan fingerprint density at radius 3 is 2.74 bits per heavy atom. The summed E-state index contributed by atoms with van der Waals surface area (Å²) in [5.74, 6) is 1.64. The lowest BCUT2D eigenvalue weighted by Crippen LogP contribution is -2.39. The number of carbonyl (C=O) groups is 1. The summed E-state index contributed by atoms with van der Waals surface area (Å²) in [6.07, 6.45) is 2.43. The van der Waals surface area contributed by atoms with Gasteiger partial charge in [0.15, 0.2) is 6.29 Å². The minimum atomic E-state index is -0.839. The first-order valence-electron chi connectivity index (χ1n) is 7.14. The SMILES string of the molecule is CC(C)[C@@H]1C(OC(=O)C2O[C@H](O)CS2)CCC[C@H]1C. The third-order valence-corrected chi connectivity index (χ3v) is 5.22. The molecule has 0 radical (unpaired) electrons. The quantitative estimate of drug-likeness (QED) is 0.808. The Morgan fingerprint density at radius 2 is 2.16 bits per heavy atom. The highest BCUT2D eigenvalue weighted by Gasteiger charge is 2.38. The first-order valence-corrected chi connectivity index (χ1v) is 8.19. The maximum Gasteiger partial charge on any atom is 0.346 e. The molecule has 2 rings (SSSR count). The van der Waals surface area contributed by atoms with E-state index in [-0.39, 0.29) is 12.1 Å². The number of aliphatic hydroxyl groups is 1. The predicted octanol–water partition coefficient (Wildman–Crippen LogP) is 2.40. The minimum absolute atomic E-state index is 0.00167. The molecular formula is C14H24O4S. The van der Waals surface area contributed by atoms with E-state index in [0.29, 0.717) is 23.5 Å². The maximum absolute atomic E-state index is 12.1. The molecule has 2 aliphatic rings. The number of ether oxygens (including phenoxy) is 2. The number of hydrogen-bond donors (Lipinski definition) is 1. The molecule has 0 aromatic heterocycles. The van der Waals surface area contributed by atoms with E-state index in [1.165, 1.54) is 18.2 Å². The summed E-state index contributed by atoms with van der Waals surface area (Å²) in [5, 5.41) is 9.29. The van der Waals surface area contributed by atoms with Gasteiger partial charge in [0.05, 0.1) is 0 Å². The van der Waals surface area contributed by atoms with Gasteiger partial charge < -0.3 is 14.6 Å². The zero-order chi connectivity index (χ0) is 14.0. The Hall–Kier alpha value is -0.260. The Balaban J connectivity index is 1.94. The van der Waals surface area contributed by atoms with E-state index < -0.39 is 11.7 Å². The van der Waals surface area contributed by atoms with Crippen LogP contribution in [0.5, 0.6) is 0 Å². The Bertz CT molecular complexity index is 321. The molecule has 0 spiro atoms. The molecule has 110 valence electrons. The fourth-order valence-corrected chi connectivity index (χ4v) is 4.15. The number of rotatable bonds is 3. The number of thioether (sulfide) groups is 1. The highest BCUT2D eigenvalue weighted by Crippen LogP contribution is 2.37. The molecule has 0 amide bonds. The molecule has 1 aliphatic carbocycles. The predicted molar refractivity (Wildman–Crippen MR) is 74.6 cm³/mol. The molecule has 2 unspecified atom stereocenters. The van der Waals surface area contributed by atoms with Gasteiger partial charge in [-0.3, -0.25) is 0 Å². The van der Waals surface area contributed by atoms with Crippen molar-refractivity contribution < 1.29 is 19.4 Å². The van der Waals surface area contributed by atoms with E-state index in [1.54, 1.807) is 0 Å².